The second kappa shape index (κ2) is 9.29. The van der Waals surface area contributed by atoms with Gasteiger partial charge in [-0.05, 0) is 19.3 Å². The summed E-state index contributed by atoms with van der Waals surface area (Å²) in [6.45, 7) is 5.79. The Morgan fingerprint density at radius 1 is 0.833 bits per heavy atom. The lowest BCUT2D eigenvalue weighted by Gasteiger charge is -2.30. The average Bonchev–Trinajstić information content (AvgIpc) is 2.71. The molecular formula is C16H32N2. The maximum absolute atomic E-state index is 2.54. The molecule has 0 fully saturated rings. The van der Waals surface area contributed by atoms with Gasteiger partial charge in [-0.3, -0.25) is 0 Å². The van der Waals surface area contributed by atoms with Crippen molar-refractivity contribution in [3.63, 3.8) is 0 Å². The standard InChI is InChI=1S/C16H32N2/c1-4-6-8-9-10-12-16-17(3)14-15-18(16)13-11-7-5-2/h14-16H,4-13H2,1-3H3. The van der Waals surface area contributed by atoms with E-state index in [9.17, 15) is 0 Å². The number of hydrogen-bond donors (Lipinski definition) is 0. The van der Waals surface area contributed by atoms with Crippen LogP contribution in [-0.4, -0.2) is 29.6 Å². The molecule has 2 nitrogen and oxygen atoms in total. The van der Waals surface area contributed by atoms with Gasteiger partial charge in [0.25, 0.3) is 0 Å². The van der Waals surface area contributed by atoms with E-state index in [1.807, 2.05) is 0 Å². The minimum absolute atomic E-state index is 0.628. The van der Waals surface area contributed by atoms with Crippen LogP contribution in [0.3, 0.4) is 0 Å². The molecule has 18 heavy (non-hydrogen) atoms. The molecular weight excluding hydrogens is 220 g/mol. The van der Waals surface area contributed by atoms with Gasteiger partial charge in [-0.2, -0.15) is 0 Å². The molecule has 0 aromatic heterocycles. The van der Waals surface area contributed by atoms with E-state index in [4.69, 9.17) is 0 Å². The summed E-state index contributed by atoms with van der Waals surface area (Å²) in [5, 5.41) is 0. The van der Waals surface area contributed by atoms with Crippen LogP contribution in [0, 0.1) is 0 Å². The molecule has 0 aromatic rings. The average molecular weight is 252 g/mol. The van der Waals surface area contributed by atoms with Crippen molar-refractivity contribution in [3.8, 4) is 0 Å². The fraction of sp³-hybridized carbons (Fsp3) is 0.875. The summed E-state index contributed by atoms with van der Waals surface area (Å²) >= 11 is 0. The maximum Gasteiger partial charge on any atom is 0.100 e. The fourth-order valence-electron chi connectivity index (χ4n) is 2.69. The van der Waals surface area contributed by atoms with Crippen molar-refractivity contribution in [2.24, 2.45) is 0 Å². The fourth-order valence-corrected chi connectivity index (χ4v) is 2.69. The summed E-state index contributed by atoms with van der Waals surface area (Å²) in [7, 11) is 2.22. The van der Waals surface area contributed by atoms with Gasteiger partial charge < -0.3 is 9.80 Å². The van der Waals surface area contributed by atoms with Gasteiger partial charge in [-0.15, -0.1) is 0 Å². The zero-order chi connectivity index (χ0) is 13.2. The Labute approximate surface area is 114 Å². The van der Waals surface area contributed by atoms with E-state index >= 15 is 0 Å². The molecule has 1 aliphatic rings. The number of unbranched alkanes of at least 4 members (excludes halogenated alkanes) is 6. The van der Waals surface area contributed by atoms with E-state index in [1.165, 1.54) is 64.3 Å². The first kappa shape index (κ1) is 15.4. The van der Waals surface area contributed by atoms with Crippen molar-refractivity contribution < 1.29 is 0 Å². The predicted octanol–water partition coefficient (Wildman–Crippen LogP) is 4.58. The Morgan fingerprint density at radius 3 is 2.22 bits per heavy atom. The van der Waals surface area contributed by atoms with Crippen molar-refractivity contribution in [2.75, 3.05) is 13.6 Å². The Balaban J connectivity index is 2.19. The summed E-state index contributed by atoms with van der Waals surface area (Å²) in [6.07, 6.45) is 17.4. The second-order valence-electron chi connectivity index (χ2n) is 5.59. The zero-order valence-electron chi connectivity index (χ0n) is 12.7. The Morgan fingerprint density at radius 2 is 1.50 bits per heavy atom. The van der Waals surface area contributed by atoms with Crippen molar-refractivity contribution >= 4 is 0 Å². The highest BCUT2D eigenvalue weighted by Crippen LogP contribution is 2.20. The number of hydrogen-bond acceptors (Lipinski definition) is 2. The minimum Gasteiger partial charge on any atom is -0.359 e. The van der Waals surface area contributed by atoms with E-state index in [-0.39, 0.29) is 0 Å². The molecule has 1 atom stereocenters. The molecule has 1 rings (SSSR count). The third-order valence-corrected chi connectivity index (χ3v) is 3.93. The van der Waals surface area contributed by atoms with E-state index in [1.54, 1.807) is 0 Å². The molecule has 2 heteroatoms. The molecule has 0 saturated heterocycles. The molecule has 1 aliphatic heterocycles. The van der Waals surface area contributed by atoms with Gasteiger partial charge in [0.05, 0.1) is 0 Å². The predicted molar refractivity (Wildman–Crippen MR) is 80.3 cm³/mol. The molecule has 0 bridgehead atoms. The molecule has 0 radical (unpaired) electrons. The van der Waals surface area contributed by atoms with Gasteiger partial charge in [0, 0.05) is 26.0 Å². The molecule has 0 amide bonds. The van der Waals surface area contributed by atoms with Crippen molar-refractivity contribution in [1.29, 1.82) is 0 Å². The molecule has 0 aliphatic carbocycles. The van der Waals surface area contributed by atoms with E-state index in [0.29, 0.717) is 6.17 Å². The highest BCUT2D eigenvalue weighted by molar-refractivity contribution is 4.95. The summed E-state index contributed by atoms with van der Waals surface area (Å²) in [5.41, 5.74) is 0. The normalized spacial score (nSPS) is 18.9. The van der Waals surface area contributed by atoms with Crippen LogP contribution >= 0.6 is 0 Å². The third-order valence-electron chi connectivity index (χ3n) is 3.93. The first-order chi connectivity index (χ1) is 8.79. The lowest BCUT2D eigenvalue weighted by Crippen LogP contribution is -2.36. The molecule has 0 saturated carbocycles. The molecule has 0 aromatic carbocycles. The van der Waals surface area contributed by atoms with Gasteiger partial charge in [0.15, 0.2) is 0 Å². The van der Waals surface area contributed by atoms with Crippen molar-refractivity contribution in [2.45, 2.75) is 77.8 Å². The monoisotopic (exact) mass is 252 g/mol. The lowest BCUT2D eigenvalue weighted by molar-refractivity contribution is 0.159. The summed E-state index contributed by atoms with van der Waals surface area (Å²) in [6, 6.07) is 0. The van der Waals surface area contributed by atoms with Crippen LogP contribution in [0.5, 0.6) is 0 Å². The van der Waals surface area contributed by atoms with Gasteiger partial charge in [0.2, 0.25) is 0 Å². The third kappa shape index (κ3) is 5.32. The van der Waals surface area contributed by atoms with E-state index in [2.05, 4.69) is 43.1 Å². The Hall–Kier alpha value is -0.660. The summed E-state index contributed by atoms with van der Waals surface area (Å²) in [5.74, 6) is 0. The van der Waals surface area contributed by atoms with Gasteiger partial charge in [0.1, 0.15) is 6.17 Å². The first-order valence-electron chi connectivity index (χ1n) is 7.95. The smallest absolute Gasteiger partial charge is 0.100 e. The molecule has 1 unspecified atom stereocenters. The molecule has 106 valence electrons. The Kier molecular flexibility index (Phi) is 7.95. The minimum atomic E-state index is 0.628. The molecule has 0 spiro atoms. The van der Waals surface area contributed by atoms with Crippen LogP contribution in [-0.2, 0) is 0 Å². The lowest BCUT2D eigenvalue weighted by atomic mass is 10.1. The number of nitrogens with zero attached hydrogens (tertiary/aromatic N) is 2. The van der Waals surface area contributed by atoms with Gasteiger partial charge >= 0.3 is 0 Å². The van der Waals surface area contributed by atoms with Gasteiger partial charge in [-0.25, -0.2) is 0 Å². The zero-order valence-corrected chi connectivity index (χ0v) is 12.7. The van der Waals surface area contributed by atoms with E-state index in [0.717, 1.165) is 0 Å². The van der Waals surface area contributed by atoms with Crippen LogP contribution in [0.25, 0.3) is 0 Å². The number of rotatable bonds is 10. The first-order valence-corrected chi connectivity index (χ1v) is 7.95. The second-order valence-corrected chi connectivity index (χ2v) is 5.59. The van der Waals surface area contributed by atoms with Crippen LogP contribution in [0.15, 0.2) is 12.4 Å². The van der Waals surface area contributed by atoms with Crippen molar-refractivity contribution in [1.82, 2.24) is 9.80 Å². The SMILES string of the molecule is CCCCCCCC1N(C)C=CN1CCCCC. The maximum atomic E-state index is 2.54. The van der Waals surface area contributed by atoms with Crippen LogP contribution in [0.1, 0.15) is 71.6 Å². The van der Waals surface area contributed by atoms with Crippen molar-refractivity contribution in [3.05, 3.63) is 12.4 Å². The van der Waals surface area contributed by atoms with Crippen LogP contribution < -0.4 is 0 Å². The molecule has 0 N–H and O–H groups in total. The summed E-state index contributed by atoms with van der Waals surface area (Å²) < 4.78 is 0. The summed E-state index contributed by atoms with van der Waals surface area (Å²) in [4.78, 5) is 4.92. The van der Waals surface area contributed by atoms with Gasteiger partial charge in [-0.1, -0.05) is 52.4 Å². The largest absolute Gasteiger partial charge is 0.359 e. The van der Waals surface area contributed by atoms with Crippen LogP contribution in [0.4, 0.5) is 0 Å². The quantitative estimate of drug-likeness (QED) is 0.525. The van der Waals surface area contributed by atoms with Crippen LogP contribution in [0.2, 0.25) is 0 Å². The van der Waals surface area contributed by atoms with E-state index < -0.39 is 0 Å². The topological polar surface area (TPSA) is 6.48 Å². The molecule has 1 heterocycles. The Bertz CT molecular complexity index is 225. The highest BCUT2D eigenvalue weighted by atomic mass is 15.4. The highest BCUT2D eigenvalue weighted by Gasteiger charge is 2.22.